The molecular formula is C16H24N2O2. The van der Waals surface area contributed by atoms with Gasteiger partial charge in [0.2, 0.25) is 11.8 Å². The summed E-state index contributed by atoms with van der Waals surface area (Å²) < 4.78 is 0. The number of amides is 2. The first-order valence-electron chi connectivity index (χ1n) is 7.19. The maximum absolute atomic E-state index is 11.7. The molecule has 110 valence electrons. The second-order valence-electron chi connectivity index (χ2n) is 4.84. The Morgan fingerprint density at radius 2 is 1.85 bits per heavy atom. The fraction of sp³-hybridized carbons (Fsp3) is 0.500. The first-order valence-corrected chi connectivity index (χ1v) is 7.19. The Hall–Kier alpha value is -1.84. The van der Waals surface area contributed by atoms with Crippen LogP contribution in [0.3, 0.4) is 0 Å². The van der Waals surface area contributed by atoms with Gasteiger partial charge in [0.25, 0.3) is 0 Å². The molecule has 1 rings (SSSR count). The zero-order valence-electron chi connectivity index (χ0n) is 12.4. The van der Waals surface area contributed by atoms with Crippen LogP contribution < -0.4 is 5.32 Å². The SMILES string of the molecule is CCCN(CCC(=O)NCCc1ccccc1)C(C)=O. The number of nitrogens with zero attached hydrogens (tertiary/aromatic N) is 1. The van der Waals surface area contributed by atoms with Crippen LogP contribution in [0, 0.1) is 0 Å². The summed E-state index contributed by atoms with van der Waals surface area (Å²) in [6.45, 7) is 5.42. The number of nitrogens with one attached hydrogen (secondary N) is 1. The topological polar surface area (TPSA) is 49.4 Å². The molecule has 1 N–H and O–H groups in total. The number of rotatable bonds is 8. The standard InChI is InChI=1S/C16H24N2O2/c1-3-12-18(14(2)19)13-10-16(20)17-11-9-15-7-5-4-6-8-15/h4-8H,3,9-13H2,1-2H3,(H,17,20). The minimum atomic E-state index is 0.00304. The monoisotopic (exact) mass is 276 g/mol. The van der Waals surface area contributed by atoms with Crippen LogP contribution in [0.5, 0.6) is 0 Å². The summed E-state index contributed by atoms with van der Waals surface area (Å²) >= 11 is 0. The molecule has 0 aromatic heterocycles. The van der Waals surface area contributed by atoms with Crippen molar-refractivity contribution in [3.63, 3.8) is 0 Å². The molecule has 0 radical (unpaired) electrons. The second-order valence-corrected chi connectivity index (χ2v) is 4.84. The molecule has 0 heterocycles. The fourth-order valence-corrected chi connectivity index (χ4v) is 2.01. The smallest absolute Gasteiger partial charge is 0.221 e. The van der Waals surface area contributed by atoms with Gasteiger partial charge >= 0.3 is 0 Å². The van der Waals surface area contributed by atoms with Gasteiger partial charge in [0.1, 0.15) is 0 Å². The molecule has 0 bridgehead atoms. The number of carbonyl (C=O) groups excluding carboxylic acids is 2. The number of benzene rings is 1. The van der Waals surface area contributed by atoms with Gasteiger partial charge in [0.05, 0.1) is 0 Å². The first-order chi connectivity index (χ1) is 9.63. The summed E-state index contributed by atoms with van der Waals surface area (Å²) in [5.41, 5.74) is 1.21. The van der Waals surface area contributed by atoms with E-state index in [1.165, 1.54) is 5.56 Å². The molecule has 0 saturated carbocycles. The Morgan fingerprint density at radius 1 is 1.15 bits per heavy atom. The van der Waals surface area contributed by atoms with Gasteiger partial charge in [0.15, 0.2) is 0 Å². The van der Waals surface area contributed by atoms with Crippen LogP contribution in [0.25, 0.3) is 0 Å². The average molecular weight is 276 g/mol. The number of carbonyl (C=O) groups is 2. The van der Waals surface area contributed by atoms with Crippen LogP contribution in [-0.4, -0.2) is 36.3 Å². The zero-order chi connectivity index (χ0) is 14.8. The number of hydrogen-bond acceptors (Lipinski definition) is 2. The van der Waals surface area contributed by atoms with Crippen LogP contribution in [0.15, 0.2) is 30.3 Å². The molecule has 1 aromatic rings. The molecule has 20 heavy (non-hydrogen) atoms. The molecule has 0 saturated heterocycles. The van der Waals surface area contributed by atoms with Gasteiger partial charge in [-0.15, -0.1) is 0 Å². The molecule has 1 aromatic carbocycles. The van der Waals surface area contributed by atoms with Gasteiger partial charge in [0, 0.05) is 33.0 Å². The molecule has 0 spiro atoms. The van der Waals surface area contributed by atoms with Crippen molar-refractivity contribution >= 4 is 11.8 Å². The highest BCUT2D eigenvalue weighted by atomic mass is 16.2. The van der Waals surface area contributed by atoms with E-state index in [1.54, 1.807) is 11.8 Å². The molecule has 0 aliphatic heterocycles. The van der Waals surface area contributed by atoms with E-state index >= 15 is 0 Å². The Bertz CT molecular complexity index is 418. The third-order valence-corrected chi connectivity index (χ3v) is 3.13. The van der Waals surface area contributed by atoms with E-state index < -0.39 is 0 Å². The summed E-state index contributed by atoms with van der Waals surface area (Å²) in [6.07, 6.45) is 2.11. The van der Waals surface area contributed by atoms with Crippen molar-refractivity contribution in [2.45, 2.75) is 33.1 Å². The van der Waals surface area contributed by atoms with Crippen molar-refractivity contribution in [2.75, 3.05) is 19.6 Å². The summed E-state index contributed by atoms with van der Waals surface area (Å²) in [5.74, 6) is 0.0345. The van der Waals surface area contributed by atoms with Crippen LogP contribution in [-0.2, 0) is 16.0 Å². The predicted molar refractivity (Wildman–Crippen MR) is 80.3 cm³/mol. The fourth-order valence-electron chi connectivity index (χ4n) is 2.01. The molecular weight excluding hydrogens is 252 g/mol. The Balaban J connectivity index is 2.21. The minimum Gasteiger partial charge on any atom is -0.356 e. The van der Waals surface area contributed by atoms with E-state index in [4.69, 9.17) is 0 Å². The summed E-state index contributed by atoms with van der Waals surface area (Å²) in [4.78, 5) is 24.8. The summed E-state index contributed by atoms with van der Waals surface area (Å²) in [5, 5.41) is 2.89. The lowest BCUT2D eigenvalue weighted by Crippen LogP contribution is -2.34. The highest BCUT2D eigenvalue weighted by Gasteiger charge is 2.09. The number of hydrogen-bond donors (Lipinski definition) is 1. The molecule has 2 amide bonds. The molecule has 0 aliphatic carbocycles. The van der Waals surface area contributed by atoms with Crippen molar-refractivity contribution < 1.29 is 9.59 Å². The first kappa shape index (κ1) is 16.2. The van der Waals surface area contributed by atoms with E-state index in [1.807, 2.05) is 37.3 Å². The van der Waals surface area contributed by atoms with Gasteiger partial charge < -0.3 is 10.2 Å². The lowest BCUT2D eigenvalue weighted by Gasteiger charge is -2.19. The quantitative estimate of drug-likeness (QED) is 0.789. The van der Waals surface area contributed by atoms with Crippen molar-refractivity contribution in [1.29, 1.82) is 0 Å². The molecule has 4 nitrogen and oxygen atoms in total. The highest BCUT2D eigenvalue weighted by Crippen LogP contribution is 1.99. The van der Waals surface area contributed by atoms with E-state index in [0.29, 0.717) is 26.1 Å². The van der Waals surface area contributed by atoms with E-state index in [9.17, 15) is 9.59 Å². The molecule has 0 unspecified atom stereocenters. The van der Waals surface area contributed by atoms with Crippen LogP contribution in [0.4, 0.5) is 0 Å². The van der Waals surface area contributed by atoms with Crippen LogP contribution >= 0.6 is 0 Å². The minimum absolute atomic E-state index is 0.00304. The Morgan fingerprint density at radius 3 is 2.45 bits per heavy atom. The van der Waals surface area contributed by atoms with Crippen molar-refractivity contribution in [1.82, 2.24) is 10.2 Å². The summed E-state index contributed by atoms with van der Waals surface area (Å²) in [6, 6.07) is 10.1. The largest absolute Gasteiger partial charge is 0.356 e. The van der Waals surface area contributed by atoms with Gasteiger partial charge in [-0.25, -0.2) is 0 Å². The van der Waals surface area contributed by atoms with Crippen LogP contribution in [0.2, 0.25) is 0 Å². The third-order valence-electron chi connectivity index (χ3n) is 3.13. The normalized spacial score (nSPS) is 10.1. The van der Waals surface area contributed by atoms with Crippen molar-refractivity contribution in [3.05, 3.63) is 35.9 Å². The second kappa shape index (κ2) is 9.13. The van der Waals surface area contributed by atoms with E-state index in [0.717, 1.165) is 12.8 Å². The van der Waals surface area contributed by atoms with Crippen LogP contribution in [0.1, 0.15) is 32.3 Å². The Labute approximate surface area is 121 Å². The van der Waals surface area contributed by atoms with Crippen molar-refractivity contribution in [3.8, 4) is 0 Å². The summed E-state index contributed by atoms with van der Waals surface area (Å²) in [7, 11) is 0. The van der Waals surface area contributed by atoms with Gasteiger partial charge in [-0.3, -0.25) is 9.59 Å². The lowest BCUT2D eigenvalue weighted by atomic mass is 10.1. The maximum Gasteiger partial charge on any atom is 0.221 e. The maximum atomic E-state index is 11.7. The molecule has 0 fully saturated rings. The zero-order valence-corrected chi connectivity index (χ0v) is 12.4. The average Bonchev–Trinajstić information content (AvgIpc) is 2.44. The lowest BCUT2D eigenvalue weighted by molar-refractivity contribution is -0.129. The molecule has 0 aliphatic rings. The third kappa shape index (κ3) is 6.36. The van der Waals surface area contributed by atoms with Gasteiger partial charge in [-0.05, 0) is 18.4 Å². The van der Waals surface area contributed by atoms with Gasteiger partial charge in [-0.2, -0.15) is 0 Å². The molecule has 4 heteroatoms. The van der Waals surface area contributed by atoms with E-state index in [-0.39, 0.29) is 11.8 Å². The molecule has 0 atom stereocenters. The highest BCUT2D eigenvalue weighted by molar-refractivity contribution is 5.77. The van der Waals surface area contributed by atoms with Gasteiger partial charge in [-0.1, -0.05) is 37.3 Å². The predicted octanol–water partition coefficient (Wildman–Crippen LogP) is 1.99. The van der Waals surface area contributed by atoms with E-state index in [2.05, 4.69) is 5.32 Å². The Kier molecular flexibility index (Phi) is 7.40. The van der Waals surface area contributed by atoms with Crippen molar-refractivity contribution in [2.24, 2.45) is 0 Å².